The number of aromatic nitrogens is 2. The molecule has 0 atom stereocenters. The zero-order valence-corrected chi connectivity index (χ0v) is 17.5. The average molecular weight is 442 g/mol. The highest BCUT2D eigenvalue weighted by atomic mass is 19.2. The lowest BCUT2D eigenvalue weighted by molar-refractivity contribution is -0.115. The van der Waals surface area contributed by atoms with Gasteiger partial charge >= 0.3 is 0 Å². The molecule has 0 saturated heterocycles. The number of hydrogen-bond donors (Lipinski definition) is 2. The Morgan fingerprint density at radius 2 is 1.70 bits per heavy atom. The van der Waals surface area contributed by atoms with Crippen molar-refractivity contribution in [3.63, 3.8) is 0 Å². The van der Waals surface area contributed by atoms with Crippen molar-refractivity contribution in [3.05, 3.63) is 107 Å². The molecule has 7 heteroatoms. The summed E-state index contributed by atoms with van der Waals surface area (Å²) in [4.78, 5) is 21.6. The molecule has 1 amide bonds. The molecule has 0 aliphatic heterocycles. The lowest BCUT2D eigenvalue weighted by Gasteiger charge is -2.10. The van der Waals surface area contributed by atoms with Crippen LogP contribution >= 0.6 is 0 Å². The molecule has 3 aromatic carbocycles. The van der Waals surface area contributed by atoms with Gasteiger partial charge in [0, 0.05) is 11.3 Å². The topological polar surface area (TPSA) is 80.9 Å². The molecule has 0 aliphatic rings. The van der Waals surface area contributed by atoms with Crippen LogP contribution < -0.4 is 11.1 Å². The van der Waals surface area contributed by atoms with E-state index in [1.165, 1.54) is 6.07 Å². The van der Waals surface area contributed by atoms with Gasteiger partial charge < -0.3 is 11.1 Å². The van der Waals surface area contributed by atoms with Crippen molar-refractivity contribution in [2.24, 2.45) is 0 Å². The number of hydrogen-bond acceptors (Lipinski definition) is 4. The van der Waals surface area contributed by atoms with E-state index in [1.54, 1.807) is 24.4 Å². The first-order valence-electron chi connectivity index (χ1n) is 10.2. The fraction of sp³-hybridized carbons (Fsp3) is 0.0385. The van der Waals surface area contributed by atoms with Crippen LogP contribution in [-0.2, 0) is 11.2 Å². The molecule has 0 aliphatic carbocycles. The molecule has 4 aromatic rings. The van der Waals surface area contributed by atoms with Crippen LogP contribution in [0.4, 0.5) is 20.3 Å². The Labute approximate surface area is 189 Å². The molecule has 164 valence electrons. The Morgan fingerprint density at radius 3 is 2.42 bits per heavy atom. The van der Waals surface area contributed by atoms with E-state index in [1.807, 2.05) is 48.5 Å². The summed E-state index contributed by atoms with van der Waals surface area (Å²) in [5, 5.41) is 2.72. The van der Waals surface area contributed by atoms with Crippen LogP contribution in [0.2, 0.25) is 0 Å². The minimum Gasteiger partial charge on any atom is -0.399 e. The van der Waals surface area contributed by atoms with E-state index in [9.17, 15) is 13.6 Å². The highest BCUT2D eigenvalue weighted by Gasteiger charge is 2.12. The fourth-order valence-electron chi connectivity index (χ4n) is 3.16. The zero-order valence-electron chi connectivity index (χ0n) is 17.5. The summed E-state index contributed by atoms with van der Waals surface area (Å²) in [6.45, 7) is 0. The number of nitrogens with one attached hydrogen (secondary N) is 1. The number of nitrogens with two attached hydrogens (primary N) is 1. The number of rotatable bonds is 6. The van der Waals surface area contributed by atoms with Crippen LogP contribution in [0.15, 0.2) is 79.0 Å². The second kappa shape index (κ2) is 9.82. The third-order valence-electron chi connectivity index (χ3n) is 4.85. The molecule has 0 saturated carbocycles. The van der Waals surface area contributed by atoms with E-state index in [2.05, 4.69) is 15.3 Å². The number of nitrogens with zero attached hydrogens (tertiary/aromatic N) is 2. The van der Waals surface area contributed by atoms with E-state index < -0.39 is 17.5 Å². The number of anilines is 2. The van der Waals surface area contributed by atoms with Crippen LogP contribution in [0, 0.1) is 11.6 Å². The second-order valence-electron chi connectivity index (χ2n) is 7.33. The Kier molecular flexibility index (Phi) is 6.50. The average Bonchev–Trinajstić information content (AvgIpc) is 2.82. The lowest BCUT2D eigenvalue weighted by atomic mass is 10.1. The molecule has 1 aromatic heterocycles. The lowest BCUT2D eigenvalue weighted by Crippen LogP contribution is -2.17. The van der Waals surface area contributed by atoms with Gasteiger partial charge in [0.25, 0.3) is 0 Å². The molecule has 3 N–H and O–H groups in total. The van der Waals surface area contributed by atoms with E-state index >= 15 is 0 Å². The first kappa shape index (κ1) is 21.8. The Balaban J connectivity index is 1.62. The predicted molar refractivity (Wildman–Crippen MR) is 126 cm³/mol. The van der Waals surface area contributed by atoms with Crippen LogP contribution in [0.3, 0.4) is 0 Å². The quantitative estimate of drug-likeness (QED) is 0.394. The number of carbonyl (C=O) groups excluding carboxylic acids is 1. The van der Waals surface area contributed by atoms with Crippen LogP contribution in [0.25, 0.3) is 23.4 Å². The number of halogens is 2. The van der Waals surface area contributed by atoms with Crippen molar-refractivity contribution >= 4 is 29.6 Å². The molecule has 0 spiro atoms. The van der Waals surface area contributed by atoms with E-state index in [-0.39, 0.29) is 12.2 Å². The molecule has 5 nitrogen and oxygen atoms in total. The van der Waals surface area contributed by atoms with Gasteiger partial charge in [-0.1, -0.05) is 54.6 Å². The first-order valence-corrected chi connectivity index (χ1v) is 10.2. The minimum absolute atomic E-state index is 0.138. The summed E-state index contributed by atoms with van der Waals surface area (Å²) in [5.41, 5.74) is 9.59. The summed E-state index contributed by atoms with van der Waals surface area (Å²) in [6, 6.07) is 20.2. The highest BCUT2D eigenvalue weighted by molar-refractivity contribution is 5.93. The van der Waals surface area contributed by atoms with Gasteiger partial charge in [0.15, 0.2) is 17.5 Å². The van der Waals surface area contributed by atoms with Crippen molar-refractivity contribution in [1.82, 2.24) is 9.97 Å². The molecule has 4 rings (SSSR count). The fourth-order valence-corrected chi connectivity index (χ4v) is 3.16. The van der Waals surface area contributed by atoms with Gasteiger partial charge in [0.05, 0.1) is 18.3 Å². The Bertz CT molecular complexity index is 1310. The Morgan fingerprint density at radius 1 is 0.939 bits per heavy atom. The second-order valence-corrected chi connectivity index (χ2v) is 7.33. The van der Waals surface area contributed by atoms with Crippen LogP contribution in [0.5, 0.6) is 0 Å². The summed E-state index contributed by atoms with van der Waals surface area (Å²) < 4.78 is 26.6. The van der Waals surface area contributed by atoms with Crippen LogP contribution in [0.1, 0.15) is 16.8 Å². The third-order valence-corrected chi connectivity index (χ3v) is 4.85. The predicted octanol–water partition coefficient (Wildman–Crippen LogP) is 5.36. The maximum Gasteiger partial charge on any atom is 0.230 e. The molecular weight excluding hydrogens is 422 g/mol. The number of amides is 1. The molecule has 0 radical (unpaired) electrons. The molecule has 33 heavy (non-hydrogen) atoms. The van der Waals surface area contributed by atoms with Gasteiger partial charge in [-0.05, 0) is 41.5 Å². The molecule has 0 bridgehead atoms. The summed E-state index contributed by atoms with van der Waals surface area (Å²) >= 11 is 0. The van der Waals surface area contributed by atoms with Gasteiger partial charge in [0.2, 0.25) is 5.91 Å². The highest BCUT2D eigenvalue weighted by Crippen LogP contribution is 2.22. The summed E-state index contributed by atoms with van der Waals surface area (Å²) in [7, 11) is 0. The summed E-state index contributed by atoms with van der Waals surface area (Å²) in [6.07, 6.45) is 5.04. The molecular formula is C26H20F2N4O. The number of benzene rings is 3. The van der Waals surface area contributed by atoms with Crippen molar-refractivity contribution in [1.29, 1.82) is 0 Å². The molecule has 1 heterocycles. The van der Waals surface area contributed by atoms with Crippen molar-refractivity contribution in [2.45, 2.75) is 6.42 Å². The smallest absolute Gasteiger partial charge is 0.230 e. The zero-order chi connectivity index (χ0) is 23.2. The normalized spacial score (nSPS) is 11.0. The maximum absolute atomic E-state index is 13.5. The molecule has 0 fully saturated rings. The standard InChI is InChI=1S/C26H20F2N4O/c27-21-12-6-18(14-22(21)28)15-25(33)32-26-23(13-7-17-4-2-1-3-5-17)31-24(16-30-26)19-8-10-20(29)11-9-19/h1-14,16H,15,29H2,(H,30,32,33)/b13-7+. The van der Waals surface area contributed by atoms with Gasteiger partial charge in [-0.3, -0.25) is 4.79 Å². The van der Waals surface area contributed by atoms with Gasteiger partial charge in [-0.2, -0.15) is 0 Å². The van der Waals surface area contributed by atoms with Gasteiger partial charge in [0.1, 0.15) is 5.69 Å². The first-order chi connectivity index (χ1) is 16.0. The van der Waals surface area contributed by atoms with Crippen molar-refractivity contribution in [2.75, 3.05) is 11.1 Å². The van der Waals surface area contributed by atoms with Gasteiger partial charge in [-0.15, -0.1) is 0 Å². The third kappa shape index (κ3) is 5.65. The number of carbonyl (C=O) groups is 1. The monoisotopic (exact) mass is 442 g/mol. The van der Waals surface area contributed by atoms with Gasteiger partial charge in [-0.25, -0.2) is 18.7 Å². The SMILES string of the molecule is Nc1ccc(-c2cnc(NC(=O)Cc3ccc(F)c(F)c3)c(/C=C/c3ccccc3)n2)cc1. The van der Waals surface area contributed by atoms with Crippen LogP contribution in [-0.4, -0.2) is 15.9 Å². The van der Waals surface area contributed by atoms with E-state index in [0.29, 0.717) is 22.6 Å². The summed E-state index contributed by atoms with van der Waals surface area (Å²) in [5.74, 6) is -2.13. The minimum atomic E-state index is -1.00. The number of nitrogen functional groups attached to an aromatic ring is 1. The van der Waals surface area contributed by atoms with Crippen molar-refractivity contribution in [3.8, 4) is 11.3 Å². The van der Waals surface area contributed by atoms with E-state index in [0.717, 1.165) is 23.3 Å². The largest absolute Gasteiger partial charge is 0.399 e. The Hall–Kier alpha value is -4.39. The van der Waals surface area contributed by atoms with E-state index in [4.69, 9.17) is 5.73 Å². The van der Waals surface area contributed by atoms with Crippen molar-refractivity contribution < 1.29 is 13.6 Å². The molecule has 0 unspecified atom stereocenters. The maximum atomic E-state index is 13.5.